The predicted octanol–water partition coefficient (Wildman–Crippen LogP) is 5.76. The van der Waals surface area contributed by atoms with Gasteiger partial charge in [0.15, 0.2) is 0 Å². The fourth-order valence-electron chi connectivity index (χ4n) is 2.90. The van der Waals surface area contributed by atoms with Crippen LogP contribution in [0.15, 0.2) is 36.4 Å². The third-order valence-corrected chi connectivity index (χ3v) is 6.20. The van der Waals surface area contributed by atoms with E-state index in [4.69, 9.17) is 23.2 Å². The molecule has 28 heavy (non-hydrogen) atoms. The standard InChI is InChI=1S/C20H17Cl2FN2O2S/c1-3-25(10-16(26)24-18-12(21)6-4-7-13(18)22)20(27)19-11(2)17-14(23)8-5-9-15(17)28-19/h4-9H,3,10H2,1-2H3,(H,24,26). The van der Waals surface area contributed by atoms with Gasteiger partial charge in [-0.05, 0) is 43.7 Å². The summed E-state index contributed by atoms with van der Waals surface area (Å²) in [4.78, 5) is 27.3. The lowest BCUT2D eigenvalue weighted by Crippen LogP contribution is -2.37. The third-order valence-electron chi connectivity index (χ3n) is 4.33. The van der Waals surface area contributed by atoms with Crippen LogP contribution in [0.3, 0.4) is 0 Å². The molecule has 0 unspecified atom stereocenters. The van der Waals surface area contributed by atoms with Crippen LogP contribution < -0.4 is 5.32 Å². The molecule has 4 nitrogen and oxygen atoms in total. The number of hydrogen-bond donors (Lipinski definition) is 1. The first kappa shape index (κ1) is 20.6. The Morgan fingerprint density at radius 1 is 1.14 bits per heavy atom. The summed E-state index contributed by atoms with van der Waals surface area (Å²) < 4.78 is 14.8. The van der Waals surface area contributed by atoms with Gasteiger partial charge in [0.05, 0.1) is 20.6 Å². The van der Waals surface area contributed by atoms with Gasteiger partial charge in [0.2, 0.25) is 5.91 Å². The molecule has 2 aromatic carbocycles. The molecule has 1 N–H and O–H groups in total. The first-order valence-electron chi connectivity index (χ1n) is 8.54. The normalized spacial score (nSPS) is 10.9. The molecule has 1 heterocycles. The largest absolute Gasteiger partial charge is 0.329 e. The van der Waals surface area contributed by atoms with Gasteiger partial charge in [0, 0.05) is 16.6 Å². The van der Waals surface area contributed by atoms with Gasteiger partial charge in [-0.15, -0.1) is 11.3 Å². The van der Waals surface area contributed by atoms with Gasteiger partial charge >= 0.3 is 0 Å². The highest BCUT2D eigenvalue weighted by atomic mass is 35.5. The van der Waals surface area contributed by atoms with E-state index in [2.05, 4.69) is 5.32 Å². The molecule has 2 amide bonds. The van der Waals surface area contributed by atoms with Gasteiger partial charge in [-0.1, -0.05) is 35.3 Å². The number of fused-ring (bicyclic) bond motifs is 1. The van der Waals surface area contributed by atoms with E-state index in [0.717, 1.165) is 0 Å². The molecule has 0 radical (unpaired) electrons. The van der Waals surface area contributed by atoms with Crippen molar-refractivity contribution in [3.8, 4) is 0 Å². The third kappa shape index (κ3) is 3.99. The maximum absolute atomic E-state index is 14.1. The Morgan fingerprint density at radius 2 is 1.79 bits per heavy atom. The average Bonchev–Trinajstić information content (AvgIpc) is 3.00. The van der Waals surface area contributed by atoms with Crippen LogP contribution in [0.4, 0.5) is 10.1 Å². The topological polar surface area (TPSA) is 49.4 Å². The van der Waals surface area contributed by atoms with Crippen LogP contribution in [0.5, 0.6) is 0 Å². The summed E-state index contributed by atoms with van der Waals surface area (Å²) in [5.74, 6) is -1.10. The average molecular weight is 439 g/mol. The van der Waals surface area contributed by atoms with Gasteiger partial charge in [-0.2, -0.15) is 0 Å². The van der Waals surface area contributed by atoms with Crippen LogP contribution in [-0.2, 0) is 4.79 Å². The number of carbonyl (C=O) groups is 2. The number of halogens is 3. The highest BCUT2D eigenvalue weighted by molar-refractivity contribution is 7.21. The molecule has 0 fully saturated rings. The summed E-state index contributed by atoms with van der Waals surface area (Å²) in [5, 5.41) is 3.71. The van der Waals surface area contributed by atoms with Crippen molar-refractivity contribution in [3.05, 3.63) is 62.7 Å². The second-order valence-corrected chi connectivity index (χ2v) is 8.00. The minimum atomic E-state index is -0.421. The lowest BCUT2D eigenvalue weighted by Gasteiger charge is -2.20. The SMILES string of the molecule is CCN(CC(=O)Nc1c(Cl)cccc1Cl)C(=O)c1sc2cccc(F)c2c1C. The van der Waals surface area contributed by atoms with Crippen LogP contribution in [0.25, 0.3) is 10.1 Å². The van der Waals surface area contributed by atoms with E-state index in [1.54, 1.807) is 44.2 Å². The van der Waals surface area contributed by atoms with E-state index < -0.39 is 5.91 Å². The van der Waals surface area contributed by atoms with E-state index in [1.165, 1.54) is 22.3 Å². The van der Waals surface area contributed by atoms with Crippen LogP contribution in [0, 0.1) is 12.7 Å². The molecule has 0 aliphatic rings. The molecule has 0 saturated carbocycles. The number of aryl methyl sites for hydroxylation is 1. The number of para-hydroxylation sites is 1. The smallest absolute Gasteiger partial charge is 0.264 e. The van der Waals surface area contributed by atoms with Crippen molar-refractivity contribution < 1.29 is 14.0 Å². The molecule has 0 aliphatic heterocycles. The van der Waals surface area contributed by atoms with Gasteiger partial charge in [-0.3, -0.25) is 9.59 Å². The molecule has 0 bridgehead atoms. The van der Waals surface area contributed by atoms with Crippen molar-refractivity contribution in [2.45, 2.75) is 13.8 Å². The maximum Gasteiger partial charge on any atom is 0.264 e. The molecule has 3 aromatic rings. The van der Waals surface area contributed by atoms with E-state index in [9.17, 15) is 14.0 Å². The zero-order valence-electron chi connectivity index (χ0n) is 15.2. The Kier molecular flexibility index (Phi) is 6.23. The maximum atomic E-state index is 14.1. The van der Waals surface area contributed by atoms with E-state index >= 15 is 0 Å². The molecular weight excluding hydrogens is 422 g/mol. The lowest BCUT2D eigenvalue weighted by molar-refractivity contribution is -0.116. The molecule has 1 aromatic heterocycles. The zero-order chi connectivity index (χ0) is 20.4. The number of nitrogens with zero attached hydrogens (tertiary/aromatic N) is 1. The summed E-state index contributed by atoms with van der Waals surface area (Å²) in [7, 11) is 0. The summed E-state index contributed by atoms with van der Waals surface area (Å²) in [5.41, 5.74) is 0.885. The molecule has 0 aliphatic carbocycles. The number of benzene rings is 2. The summed E-state index contributed by atoms with van der Waals surface area (Å²) in [6.07, 6.45) is 0. The highest BCUT2D eigenvalue weighted by Gasteiger charge is 2.24. The van der Waals surface area contributed by atoms with Crippen LogP contribution in [0.2, 0.25) is 10.0 Å². The number of thiophene rings is 1. The fourth-order valence-corrected chi connectivity index (χ4v) is 4.58. The van der Waals surface area contributed by atoms with E-state index in [-0.39, 0.29) is 18.3 Å². The Labute approximate surface area is 175 Å². The van der Waals surface area contributed by atoms with Crippen molar-refractivity contribution in [1.82, 2.24) is 4.90 Å². The summed E-state index contributed by atoms with van der Waals surface area (Å²) in [6.45, 7) is 3.63. The highest BCUT2D eigenvalue weighted by Crippen LogP contribution is 2.33. The summed E-state index contributed by atoms with van der Waals surface area (Å²) in [6, 6.07) is 9.65. The number of amides is 2. The molecule has 146 valence electrons. The van der Waals surface area contributed by atoms with Crippen LogP contribution in [0.1, 0.15) is 22.2 Å². The quantitative estimate of drug-likeness (QED) is 0.550. The van der Waals surface area contributed by atoms with Crippen molar-refractivity contribution in [2.75, 3.05) is 18.4 Å². The van der Waals surface area contributed by atoms with Crippen molar-refractivity contribution in [3.63, 3.8) is 0 Å². The molecule has 0 spiro atoms. The molecule has 0 atom stereocenters. The minimum Gasteiger partial charge on any atom is -0.329 e. The Hall–Kier alpha value is -2.15. The predicted molar refractivity (Wildman–Crippen MR) is 113 cm³/mol. The first-order chi connectivity index (χ1) is 13.3. The molecular formula is C20H17Cl2FN2O2S. The number of hydrogen-bond acceptors (Lipinski definition) is 3. The Balaban J connectivity index is 1.82. The van der Waals surface area contributed by atoms with Gasteiger partial charge in [0.25, 0.3) is 5.91 Å². The molecule has 8 heteroatoms. The first-order valence-corrected chi connectivity index (χ1v) is 10.1. The number of likely N-dealkylation sites (N-methyl/N-ethyl adjacent to an activating group) is 1. The zero-order valence-corrected chi connectivity index (χ0v) is 17.5. The number of nitrogens with one attached hydrogen (secondary N) is 1. The van der Waals surface area contributed by atoms with Crippen LogP contribution in [-0.4, -0.2) is 29.8 Å². The van der Waals surface area contributed by atoms with Gasteiger partial charge in [-0.25, -0.2) is 4.39 Å². The number of anilines is 1. The minimum absolute atomic E-state index is 0.174. The molecule has 0 saturated heterocycles. The number of rotatable bonds is 5. The van der Waals surface area contributed by atoms with Gasteiger partial charge < -0.3 is 10.2 Å². The second kappa shape index (κ2) is 8.47. The van der Waals surface area contributed by atoms with Crippen molar-refractivity contribution in [2.24, 2.45) is 0 Å². The second-order valence-electron chi connectivity index (χ2n) is 6.13. The Bertz CT molecular complexity index is 1050. The monoisotopic (exact) mass is 438 g/mol. The van der Waals surface area contributed by atoms with Crippen molar-refractivity contribution in [1.29, 1.82) is 0 Å². The molecule has 3 rings (SSSR count). The fraction of sp³-hybridized carbons (Fsp3) is 0.200. The van der Waals surface area contributed by atoms with Gasteiger partial charge in [0.1, 0.15) is 12.4 Å². The Morgan fingerprint density at radius 3 is 2.39 bits per heavy atom. The van der Waals surface area contributed by atoms with Crippen molar-refractivity contribution >= 4 is 62.1 Å². The van der Waals surface area contributed by atoms with E-state index in [0.29, 0.717) is 42.8 Å². The van der Waals surface area contributed by atoms with E-state index in [1.807, 2.05) is 0 Å². The van der Waals surface area contributed by atoms with Crippen LogP contribution >= 0.6 is 34.5 Å². The lowest BCUT2D eigenvalue weighted by atomic mass is 10.1. The number of carbonyl (C=O) groups excluding carboxylic acids is 2. The summed E-state index contributed by atoms with van der Waals surface area (Å²) >= 11 is 13.4.